The standard InChI is InChI=1S/C13H23F3O2S/c1-2-3-4-5-6-7-8-9-10-19(18)11-12(17)13(14,15)16/h2-11H2,1H3. The normalized spacial score (nSPS) is 13.5. The maximum Gasteiger partial charge on any atom is 0.450 e. The molecule has 0 saturated heterocycles. The van der Waals surface area contributed by atoms with E-state index in [1.54, 1.807) is 0 Å². The van der Waals surface area contributed by atoms with Crippen molar-refractivity contribution in [1.29, 1.82) is 0 Å². The third kappa shape index (κ3) is 11.2. The molecule has 0 heterocycles. The summed E-state index contributed by atoms with van der Waals surface area (Å²) in [5.74, 6) is -2.58. The lowest BCUT2D eigenvalue weighted by Gasteiger charge is -2.05. The number of rotatable bonds is 11. The van der Waals surface area contributed by atoms with E-state index in [4.69, 9.17) is 0 Å². The van der Waals surface area contributed by atoms with E-state index in [9.17, 15) is 22.2 Å². The van der Waals surface area contributed by atoms with Gasteiger partial charge in [-0.25, -0.2) is 0 Å². The lowest BCUT2D eigenvalue weighted by atomic mass is 10.1. The highest BCUT2D eigenvalue weighted by molar-refractivity contribution is 7.85. The maximum absolute atomic E-state index is 11.9. The van der Waals surface area contributed by atoms with E-state index in [-0.39, 0.29) is 5.75 Å². The van der Waals surface area contributed by atoms with Crippen LogP contribution < -0.4 is 0 Å². The van der Waals surface area contributed by atoms with Gasteiger partial charge in [0.15, 0.2) is 0 Å². The average Bonchev–Trinajstić information content (AvgIpc) is 2.31. The van der Waals surface area contributed by atoms with E-state index in [1.807, 2.05) is 0 Å². The molecule has 0 aromatic carbocycles. The molecule has 0 radical (unpaired) electrons. The molecule has 0 N–H and O–H groups in total. The van der Waals surface area contributed by atoms with Crippen LogP contribution in [0.25, 0.3) is 0 Å². The van der Waals surface area contributed by atoms with Crippen LogP contribution >= 0.6 is 0 Å². The Morgan fingerprint density at radius 1 is 0.947 bits per heavy atom. The van der Waals surface area contributed by atoms with Crippen LogP contribution in [0.15, 0.2) is 0 Å². The molecule has 2 nitrogen and oxygen atoms in total. The fourth-order valence-electron chi connectivity index (χ4n) is 1.70. The van der Waals surface area contributed by atoms with Gasteiger partial charge in [0.1, 0.15) is 0 Å². The number of carbonyl (C=O) groups excluding carboxylic acids is 1. The predicted molar refractivity (Wildman–Crippen MR) is 71.5 cm³/mol. The molecule has 0 fully saturated rings. The van der Waals surface area contributed by atoms with Crippen molar-refractivity contribution in [1.82, 2.24) is 0 Å². The number of Topliss-reactive ketones (excluding diaryl/α,β-unsaturated/α-hetero) is 1. The van der Waals surface area contributed by atoms with Crippen molar-refractivity contribution >= 4 is 16.6 Å². The number of halogens is 3. The Balaban J connectivity index is 3.47. The fraction of sp³-hybridized carbons (Fsp3) is 0.923. The van der Waals surface area contributed by atoms with Crippen molar-refractivity contribution in [2.45, 2.75) is 64.5 Å². The van der Waals surface area contributed by atoms with Gasteiger partial charge in [-0.1, -0.05) is 51.9 Å². The van der Waals surface area contributed by atoms with E-state index in [0.717, 1.165) is 19.3 Å². The second-order valence-electron chi connectivity index (χ2n) is 4.68. The Hall–Kier alpha value is -0.390. The number of hydrogen-bond acceptors (Lipinski definition) is 2. The van der Waals surface area contributed by atoms with Gasteiger partial charge in [0.2, 0.25) is 5.78 Å². The average molecular weight is 300 g/mol. The van der Waals surface area contributed by atoms with Gasteiger partial charge in [0, 0.05) is 16.6 Å². The largest absolute Gasteiger partial charge is 0.450 e. The van der Waals surface area contributed by atoms with Crippen LogP contribution in [-0.4, -0.2) is 27.7 Å². The van der Waals surface area contributed by atoms with Crippen LogP contribution in [0.2, 0.25) is 0 Å². The van der Waals surface area contributed by atoms with Gasteiger partial charge < -0.3 is 0 Å². The molecule has 0 amide bonds. The van der Waals surface area contributed by atoms with Crippen LogP contribution in [0.3, 0.4) is 0 Å². The van der Waals surface area contributed by atoms with E-state index in [1.165, 1.54) is 25.7 Å². The van der Waals surface area contributed by atoms with Crippen molar-refractivity contribution < 1.29 is 22.2 Å². The van der Waals surface area contributed by atoms with Crippen molar-refractivity contribution in [3.8, 4) is 0 Å². The Labute approximate surface area is 115 Å². The number of ketones is 1. The first-order chi connectivity index (χ1) is 8.88. The zero-order valence-corrected chi connectivity index (χ0v) is 12.2. The smallest absolute Gasteiger partial charge is 0.289 e. The molecule has 0 aromatic rings. The highest BCUT2D eigenvalue weighted by atomic mass is 32.2. The van der Waals surface area contributed by atoms with Crippen molar-refractivity contribution in [2.75, 3.05) is 11.5 Å². The van der Waals surface area contributed by atoms with E-state index in [2.05, 4.69) is 6.92 Å². The molecule has 0 saturated carbocycles. The molecule has 0 aliphatic carbocycles. The van der Waals surface area contributed by atoms with Crippen LogP contribution in [0, 0.1) is 0 Å². The first-order valence-corrected chi connectivity index (χ1v) is 8.31. The molecule has 1 unspecified atom stereocenters. The number of alkyl halides is 3. The molecule has 0 bridgehead atoms. The Morgan fingerprint density at radius 3 is 1.89 bits per heavy atom. The summed E-state index contributed by atoms with van der Waals surface area (Å²) >= 11 is 0. The molecular weight excluding hydrogens is 277 g/mol. The lowest BCUT2D eigenvalue weighted by Crippen LogP contribution is -2.28. The summed E-state index contributed by atoms with van der Waals surface area (Å²) in [5.41, 5.74) is 0. The lowest BCUT2D eigenvalue weighted by molar-refractivity contribution is -0.168. The summed E-state index contributed by atoms with van der Waals surface area (Å²) in [6.45, 7) is 2.15. The van der Waals surface area contributed by atoms with E-state index >= 15 is 0 Å². The minimum atomic E-state index is -4.85. The first kappa shape index (κ1) is 18.6. The van der Waals surface area contributed by atoms with Gasteiger partial charge in [-0.3, -0.25) is 9.00 Å². The summed E-state index contributed by atoms with van der Waals surface area (Å²) in [4.78, 5) is 10.6. The molecule has 0 aliphatic rings. The third-order valence-corrected chi connectivity index (χ3v) is 4.16. The Kier molecular flexibility index (Phi) is 10.2. The summed E-state index contributed by atoms with van der Waals surface area (Å²) < 4.78 is 47.0. The second-order valence-corrected chi connectivity index (χ2v) is 6.26. The van der Waals surface area contributed by atoms with E-state index in [0.29, 0.717) is 6.42 Å². The fourth-order valence-corrected chi connectivity index (χ4v) is 2.82. The zero-order valence-electron chi connectivity index (χ0n) is 11.4. The molecule has 0 aromatic heterocycles. The van der Waals surface area contributed by atoms with Crippen LogP contribution in [0.5, 0.6) is 0 Å². The molecule has 1 atom stereocenters. The first-order valence-electron chi connectivity index (χ1n) is 6.83. The van der Waals surface area contributed by atoms with Crippen molar-refractivity contribution in [2.24, 2.45) is 0 Å². The van der Waals surface area contributed by atoms with Gasteiger partial charge in [-0.2, -0.15) is 13.2 Å². The number of carbonyl (C=O) groups is 1. The van der Waals surface area contributed by atoms with Crippen LogP contribution in [0.1, 0.15) is 58.3 Å². The van der Waals surface area contributed by atoms with Gasteiger partial charge in [0.25, 0.3) is 0 Å². The molecule has 114 valence electrons. The zero-order chi connectivity index (χ0) is 14.7. The quantitative estimate of drug-likeness (QED) is 0.540. The summed E-state index contributed by atoms with van der Waals surface area (Å²) in [6, 6.07) is 0. The van der Waals surface area contributed by atoms with Gasteiger partial charge in [-0.15, -0.1) is 0 Å². The van der Waals surface area contributed by atoms with Crippen LogP contribution in [0.4, 0.5) is 13.2 Å². The molecule has 0 aliphatic heterocycles. The van der Waals surface area contributed by atoms with Crippen LogP contribution in [-0.2, 0) is 15.6 Å². The molecular formula is C13H23F3O2S. The highest BCUT2D eigenvalue weighted by Gasteiger charge is 2.38. The number of unbranched alkanes of at least 4 members (excludes halogenated alkanes) is 7. The second kappa shape index (κ2) is 10.4. The predicted octanol–water partition coefficient (Wildman–Crippen LogP) is 4.01. The summed E-state index contributed by atoms with van der Waals surface area (Å²) in [7, 11) is -1.68. The van der Waals surface area contributed by atoms with Crippen molar-refractivity contribution in [3.05, 3.63) is 0 Å². The third-order valence-electron chi connectivity index (χ3n) is 2.83. The van der Waals surface area contributed by atoms with Gasteiger partial charge >= 0.3 is 6.18 Å². The molecule has 6 heteroatoms. The Bertz CT molecular complexity index is 278. The maximum atomic E-state index is 11.9. The monoisotopic (exact) mass is 300 g/mol. The highest BCUT2D eigenvalue weighted by Crippen LogP contribution is 2.16. The molecule has 19 heavy (non-hydrogen) atoms. The molecule has 0 spiro atoms. The SMILES string of the molecule is CCCCCCCCCCS(=O)CC(=O)C(F)(F)F. The summed E-state index contributed by atoms with van der Waals surface area (Å²) in [5, 5.41) is 0. The number of hydrogen-bond donors (Lipinski definition) is 0. The minimum absolute atomic E-state index is 0.191. The van der Waals surface area contributed by atoms with E-state index < -0.39 is 28.5 Å². The van der Waals surface area contributed by atoms with Gasteiger partial charge in [-0.05, 0) is 6.42 Å². The van der Waals surface area contributed by atoms with Crippen molar-refractivity contribution in [3.63, 3.8) is 0 Å². The minimum Gasteiger partial charge on any atom is -0.289 e. The Morgan fingerprint density at radius 2 is 1.42 bits per heavy atom. The summed E-state index contributed by atoms with van der Waals surface area (Å²) in [6.07, 6.45) is 3.64. The molecule has 0 rings (SSSR count). The topological polar surface area (TPSA) is 34.1 Å². The van der Waals surface area contributed by atoms with Gasteiger partial charge in [0.05, 0.1) is 5.75 Å².